The average Bonchev–Trinajstić information content (AvgIpc) is 3.10. The zero-order valence-electron chi connectivity index (χ0n) is 9.58. The molecule has 3 heteroatoms. The quantitative estimate of drug-likeness (QED) is 0.833. The lowest BCUT2D eigenvalue weighted by Gasteiger charge is -2.16. The zero-order chi connectivity index (χ0) is 11.5. The second-order valence-corrected chi connectivity index (χ2v) is 4.55. The molecule has 0 saturated heterocycles. The van der Waals surface area contributed by atoms with Gasteiger partial charge >= 0.3 is 0 Å². The Kier molecular flexibility index (Phi) is 3.44. The summed E-state index contributed by atoms with van der Waals surface area (Å²) in [6, 6.07) is 5.04. The molecule has 1 atom stereocenters. The molecule has 0 bridgehead atoms. The summed E-state index contributed by atoms with van der Waals surface area (Å²) in [7, 11) is 0. The second kappa shape index (κ2) is 4.83. The van der Waals surface area contributed by atoms with Crippen LogP contribution in [0, 0.1) is 11.7 Å². The van der Waals surface area contributed by atoms with Gasteiger partial charge in [-0.25, -0.2) is 4.39 Å². The first kappa shape index (κ1) is 11.4. The highest BCUT2D eigenvalue weighted by atomic mass is 19.1. The third-order valence-corrected chi connectivity index (χ3v) is 3.04. The Labute approximate surface area is 95.6 Å². The Morgan fingerprint density at radius 2 is 2.25 bits per heavy atom. The van der Waals surface area contributed by atoms with E-state index in [1.165, 1.54) is 18.9 Å². The van der Waals surface area contributed by atoms with Crippen LogP contribution in [0.15, 0.2) is 18.2 Å². The van der Waals surface area contributed by atoms with Gasteiger partial charge in [0.2, 0.25) is 0 Å². The number of hydrogen-bond donors (Lipinski definition) is 1. The van der Waals surface area contributed by atoms with E-state index in [0.29, 0.717) is 24.8 Å². The number of hydrogen-bond acceptors (Lipinski definition) is 2. The largest absolute Gasteiger partial charge is 0.490 e. The van der Waals surface area contributed by atoms with Crippen LogP contribution in [0.2, 0.25) is 0 Å². The van der Waals surface area contributed by atoms with Gasteiger partial charge in [-0.3, -0.25) is 0 Å². The molecule has 2 rings (SSSR count). The minimum absolute atomic E-state index is 0.130. The smallest absolute Gasteiger partial charge is 0.165 e. The number of benzene rings is 1. The van der Waals surface area contributed by atoms with Crippen LogP contribution in [-0.4, -0.2) is 13.2 Å². The first-order chi connectivity index (χ1) is 7.72. The highest BCUT2D eigenvalue weighted by Crippen LogP contribution is 2.33. The molecule has 0 spiro atoms. The summed E-state index contributed by atoms with van der Waals surface area (Å²) in [5.41, 5.74) is 6.49. The zero-order valence-corrected chi connectivity index (χ0v) is 9.58. The van der Waals surface area contributed by atoms with E-state index in [2.05, 4.69) is 0 Å². The fourth-order valence-corrected chi connectivity index (χ4v) is 1.68. The Balaban J connectivity index is 2.17. The van der Waals surface area contributed by atoms with Gasteiger partial charge in [0.05, 0.1) is 6.61 Å². The lowest BCUT2D eigenvalue weighted by molar-refractivity contribution is 0.281. The number of nitrogens with two attached hydrogens (primary N) is 1. The Morgan fingerprint density at radius 3 is 2.88 bits per heavy atom. The SMILES string of the molecule is CC(CN)c1cccc(F)c1OCC1CC1. The van der Waals surface area contributed by atoms with Crippen LogP contribution < -0.4 is 10.5 Å². The predicted molar refractivity (Wildman–Crippen MR) is 62.1 cm³/mol. The van der Waals surface area contributed by atoms with Crippen LogP contribution in [-0.2, 0) is 0 Å². The van der Waals surface area contributed by atoms with Crippen LogP contribution in [0.25, 0.3) is 0 Å². The minimum atomic E-state index is -0.279. The molecule has 0 aromatic heterocycles. The molecule has 88 valence electrons. The Bertz CT molecular complexity index is 363. The summed E-state index contributed by atoms with van der Waals surface area (Å²) in [6.45, 7) is 3.12. The monoisotopic (exact) mass is 223 g/mol. The Hall–Kier alpha value is -1.09. The predicted octanol–water partition coefficient (Wildman–Crippen LogP) is 2.68. The number of halogens is 1. The van der Waals surface area contributed by atoms with Crippen molar-refractivity contribution in [1.82, 2.24) is 0 Å². The highest BCUT2D eigenvalue weighted by Gasteiger charge is 2.23. The maximum absolute atomic E-state index is 13.7. The van der Waals surface area contributed by atoms with Crippen molar-refractivity contribution in [1.29, 1.82) is 0 Å². The molecule has 16 heavy (non-hydrogen) atoms. The molecule has 0 amide bonds. The van der Waals surface area contributed by atoms with Crippen molar-refractivity contribution in [3.63, 3.8) is 0 Å². The summed E-state index contributed by atoms with van der Waals surface area (Å²) >= 11 is 0. The Morgan fingerprint density at radius 1 is 1.50 bits per heavy atom. The molecule has 0 aliphatic heterocycles. The molecule has 2 nitrogen and oxygen atoms in total. The summed E-state index contributed by atoms with van der Waals surface area (Å²) in [5, 5.41) is 0. The summed E-state index contributed by atoms with van der Waals surface area (Å²) in [6.07, 6.45) is 2.41. The first-order valence-electron chi connectivity index (χ1n) is 5.83. The topological polar surface area (TPSA) is 35.2 Å². The van der Waals surface area contributed by atoms with E-state index in [1.54, 1.807) is 6.07 Å². The van der Waals surface area contributed by atoms with Gasteiger partial charge in [0.1, 0.15) is 0 Å². The summed E-state index contributed by atoms with van der Waals surface area (Å²) < 4.78 is 19.2. The van der Waals surface area contributed by atoms with Gasteiger partial charge in [0, 0.05) is 5.56 Å². The van der Waals surface area contributed by atoms with Crippen molar-refractivity contribution < 1.29 is 9.13 Å². The molecule has 0 radical (unpaired) electrons. The summed E-state index contributed by atoms with van der Waals surface area (Å²) in [5.74, 6) is 0.872. The van der Waals surface area contributed by atoms with Crippen LogP contribution in [0.3, 0.4) is 0 Å². The second-order valence-electron chi connectivity index (χ2n) is 4.55. The van der Waals surface area contributed by atoms with Gasteiger partial charge in [0.15, 0.2) is 11.6 Å². The molecule has 0 heterocycles. The van der Waals surface area contributed by atoms with E-state index in [1.807, 2.05) is 13.0 Å². The molecular weight excluding hydrogens is 205 g/mol. The first-order valence-corrected chi connectivity index (χ1v) is 5.83. The summed E-state index contributed by atoms with van der Waals surface area (Å²) in [4.78, 5) is 0. The molecule has 1 unspecified atom stereocenters. The molecule has 2 N–H and O–H groups in total. The molecular formula is C13H18FNO. The molecule has 1 aliphatic rings. The third-order valence-electron chi connectivity index (χ3n) is 3.04. The van der Waals surface area contributed by atoms with E-state index in [9.17, 15) is 4.39 Å². The standard InChI is InChI=1S/C13H18FNO/c1-9(7-15)11-3-2-4-12(14)13(11)16-8-10-5-6-10/h2-4,9-10H,5-8,15H2,1H3. The van der Waals surface area contributed by atoms with Gasteiger partial charge < -0.3 is 10.5 Å². The third kappa shape index (κ3) is 2.53. The van der Waals surface area contributed by atoms with Gasteiger partial charge in [-0.15, -0.1) is 0 Å². The van der Waals surface area contributed by atoms with Gasteiger partial charge in [-0.2, -0.15) is 0 Å². The van der Waals surface area contributed by atoms with Crippen molar-refractivity contribution in [2.45, 2.75) is 25.7 Å². The molecule has 1 aromatic rings. The van der Waals surface area contributed by atoms with Crippen molar-refractivity contribution in [2.24, 2.45) is 11.7 Å². The van der Waals surface area contributed by atoms with E-state index in [0.717, 1.165) is 5.56 Å². The average molecular weight is 223 g/mol. The minimum Gasteiger partial charge on any atom is -0.490 e. The fraction of sp³-hybridized carbons (Fsp3) is 0.538. The van der Waals surface area contributed by atoms with E-state index >= 15 is 0 Å². The van der Waals surface area contributed by atoms with Crippen molar-refractivity contribution in [3.05, 3.63) is 29.6 Å². The van der Waals surface area contributed by atoms with Crippen LogP contribution >= 0.6 is 0 Å². The lowest BCUT2D eigenvalue weighted by Crippen LogP contribution is -2.12. The number of rotatable bonds is 5. The van der Waals surface area contributed by atoms with E-state index < -0.39 is 0 Å². The molecule has 1 aromatic carbocycles. The van der Waals surface area contributed by atoms with Gasteiger partial charge in [-0.1, -0.05) is 19.1 Å². The molecule has 1 aliphatic carbocycles. The molecule has 1 fully saturated rings. The van der Waals surface area contributed by atoms with Gasteiger partial charge in [-0.05, 0) is 37.3 Å². The highest BCUT2D eigenvalue weighted by molar-refractivity contribution is 5.37. The van der Waals surface area contributed by atoms with Crippen LogP contribution in [0.1, 0.15) is 31.2 Å². The number of para-hydroxylation sites is 1. The normalized spacial score (nSPS) is 17.2. The van der Waals surface area contributed by atoms with Crippen molar-refractivity contribution >= 4 is 0 Å². The van der Waals surface area contributed by atoms with Crippen molar-refractivity contribution in [3.8, 4) is 5.75 Å². The molecule has 1 saturated carbocycles. The fourth-order valence-electron chi connectivity index (χ4n) is 1.68. The number of ether oxygens (including phenoxy) is 1. The van der Waals surface area contributed by atoms with E-state index in [4.69, 9.17) is 10.5 Å². The maximum atomic E-state index is 13.7. The maximum Gasteiger partial charge on any atom is 0.165 e. The van der Waals surface area contributed by atoms with Crippen molar-refractivity contribution in [2.75, 3.05) is 13.2 Å². The van der Waals surface area contributed by atoms with Gasteiger partial charge in [0.25, 0.3) is 0 Å². The lowest BCUT2D eigenvalue weighted by atomic mass is 10.00. The van der Waals surface area contributed by atoms with E-state index in [-0.39, 0.29) is 11.7 Å². The van der Waals surface area contributed by atoms with Crippen LogP contribution in [0.5, 0.6) is 5.75 Å². The van der Waals surface area contributed by atoms with Crippen LogP contribution in [0.4, 0.5) is 4.39 Å².